The summed E-state index contributed by atoms with van der Waals surface area (Å²) in [4.78, 5) is 22.8. The summed E-state index contributed by atoms with van der Waals surface area (Å²) >= 11 is 0. The lowest BCUT2D eigenvalue weighted by atomic mass is 10.1. The Bertz CT molecular complexity index is 512. The molecule has 2 N–H and O–H groups in total. The number of nitrogens with one attached hydrogen (secondary N) is 2. The van der Waals surface area contributed by atoms with Gasteiger partial charge in [-0.15, -0.1) is 0 Å². The van der Waals surface area contributed by atoms with Crippen molar-refractivity contribution in [3.8, 4) is 0 Å². The van der Waals surface area contributed by atoms with Crippen molar-refractivity contribution < 1.29 is 9.72 Å². The van der Waals surface area contributed by atoms with E-state index in [-0.39, 0.29) is 11.6 Å². The molecule has 0 bridgehead atoms. The van der Waals surface area contributed by atoms with E-state index in [0.717, 1.165) is 19.3 Å². The predicted octanol–water partition coefficient (Wildman–Crippen LogP) is 2.56. The maximum Gasteiger partial charge on any atom is 0.293 e. The number of nitro groups is 1. The van der Waals surface area contributed by atoms with Gasteiger partial charge in [0.2, 0.25) is 0 Å². The molecule has 1 amide bonds. The van der Waals surface area contributed by atoms with Crippen LogP contribution in [-0.4, -0.2) is 23.9 Å². The lowest BCUT2D eigenvalue weighted by Crippen LogP contribution is -2.26. The largest absolute Gasteiger partial charge is 0.379 e. The zero-order chi connectivity index (χ0) is 14.5. The fourth-order valence-electron chi connectivity index (χ4n) is 1.97. The number of anilines is 1. The highest BCUT2D eigenvalue weighted by Gasteiger charge is 2.24. The molecule has 0 aromatic heterocycles. The average molecular weight is 277 g/mol. The van der Waals surface area contributed by atoms with E-state index < -0.39 is 4.92 Å². The van der Waals surface area contributed by atoms with Crippen LogP contribution in [0.2, 0.25) is 0 Å². The number of hydrogen-bond donors (Lipinski definition) is 2. The normalized spacial score (nSPS) is 13.8. The third-order valence-corrected chi connectivity index (χ3v) is 3.28. The maximum atomic E-state index is 12.2. The van der Waals surface area contributed by atoms with Gasteiger partial charge in [0.05, 0.1) is 10.5 Å². The molecule has 1 saturated carbocycles. The Balaban J connectivity index is 2.21. The van der Waals surface area contributed by atoms with Gasteiger partial charge >= 0.3 is 0 Å². The van der Waals surface area contributed by atoms with Crippen LogP contribution in [0.3, 0.4) is 0 Å². The molecule has 0 unspecified atom stereocenters. The molecule has 6 heteroatoms. The first kappa shape index (κ1) is 14.3. The van der Waals surface area contributed by atoms with E-state index in [1.807, 2.05) is 6.92 Å². The van der Waals surface area contributed by atoms with Crippen molar-refractivity contribution in [3.63, 3.8) is 0 Å². The SMILES string of the molecule is CCCNc1c(C(=O)NCC2CC2)cccc1[N+](=O)[O-]. The van der Waals surface area contributed by atoms with Crippen LogP contribution < -0.4 is 10.6 Å². The highest BCUT2D eigenvalue weighted by atomic mass is 16.6. The number of para-hydroxylation sites is 1. The molecule has 6 nitrogen and oxygen atoms in total. The standard InChI is InChI=1S/C14H19N3O3/c1-2-8-15-13-11(4-3-5-12(13)17(19)20)14(18)16-9-10-6-7-10/h3-5,10,15H,2,6-9H2,1H3,(H,16,18). The molecule has 0 atom stereocenters. The molecular formula is C14H19N3O3. The molecule has 1 aliphatic rings. The Labute approximate surface area is 117 Å². The molecule has 108 valence electrons. The molecule has 20 heavy (non-hydrogen) atoms. The van der Waals surface area contributed by atoms with Crippen molar-refractivity contribution in [2.45, 2.75) is 26.2 Å². The first-order chi connectivity index (χ1) is 9.63. The summed E-state index contributed by atoms with van der Waals surface area (Å²) in [6.45, 7) is 3.21. The molecule has 0 aliphatic heterocycles. The Morgan fingerprint density at radius 2 is 2.20 bits per heavy atom. The van der Waals surface area contributed by atoms with Crippen LogP contribution in [0.4, 0.5) is 11.4 Å². The zero-order valence-corrected chi connectivity index (χ0v) is 11.5. The molecule has 2 rings (SSSR count). The van der Waals surface area contributed by atoms with Crippen LogP contribution in [0.15, 0.2) is 18.2 Å². The van der Waals surface area contributed by atoms with Crippen molar-refractivity contribution in [1.29, 1.82) is 0 Å². The van der Waals surface area contributed by atoms with Crippen LogP contribution in [0, 0.1) is 16.0 Å². The third-order valence-electron chi connectivity index (χ3n) is 3.28. The molecule has 1 aromatic carbocycles. The number of benzene rings is 1. The first-order valence-corrected chi connectivity index (χ1v) is 6.93. The minimum atomic E-state index is -0.463. The molecule has 0 heterocycles. The molecule has 0 spiro atoms. The van der Waals surface area contributed by atoms with Gasteiger partial charge in [0, 0.05) is 19.2 Å². The van der Waals surface area contributed by atoms with E-state index in [1.165, 1.54) is 6.07 Å². The number of nitrogens with zero attached hydrogens (tertiary/aromatic N) is 1. The van der Waals surface area contributed by atoms with Gasteiger partial charge in [-0.1, -0.05) is 13.0 Å². The number of nitro benzene ring substituents is 1. The summed E-state index contributed by atoms with van der Waals surface area (Å²) in [5.74, 6) is 0.323. The smallest absolute Gasteiger partial charge is 0.293 e. The fourth-order valence-corrected chi connectivity index (χ4v) is 1.97. The van der Waals surface area contributed by atoms with E-state index in [2.05, 4.69) is 10.6 Å². The van der Waals surface area contributed by atoms with Gasteiger partial charge in [0.15, 0.2) is 0 Å². The van der Waals surface area contributed by atoms with Crippen LogP contribution in [0.25, 0.3) is 0 Å². The van der Waals surface area contributed by atoms with E-state index in [0.29, 0.717) is 30.3 Å². The molecular weight excluding hydrogens is 258 g/mol. The van der Waals surface area contributed by atoms with Crippen molar-refractivity contribution in [2.75, 3.05) is 18.4 Å². The van der Waals surface area contributed by atoms with E-state index in [1.54, 1.807) is 12.1 Å². The second-order valence-corrected chi connectivity index (χ2v) is 5.04. The third kappa shape index (κ3) is 3.46. The van der Waals surface area contributed by atoms with Crippen molar-refractivity contribution in [3.05, 3.63) is 33.9 Å². The lowest BCUT2D eigenvalue weighted by Gasteiger charge is -2.12. The zero-order valence-electron chi connectivity index (χ0n) is 11.5. The van der Waals surface area contributed by atoms with Gasteiger partial charge in [-0.25, -0.2) is 0 Å². The van der Waals surface area contributed by atoms with Crippen molar-refractivity contribution >= 4 is 17.3 Å². The minimum Gasteiger partial charge on any atom is -0.379 e. The van der Waals surface area contributed by atoms with Gasteiger partial charge in [-0.05, 0) is 31.2 Å². The second-order valence-electron chi connectivity index (χ2n) is 5.04. The Morgan fingerprint density at radius 1 is 1.45 bits per heavy atom. The number of rotatable bonds is 7. The van der Waals surface area contributed by atoms with Gasteiger partial charge in [0.1, 0.15) is 5.69 Å². The van der Waals surface area contributed by atoms with Gasteiger partial charge < -0.3 is 10.6 Å². The highest BCUT2D eigenvalue weighted by molar-refractivity contribution is 6.01. The highest BCUT2D eigenvalue weighted by Crippen LogP contribution is 2.30. The average Bonchev–Trinajstić information content (AvgIpc) is 3.26. The van der Waals surface area contributed by atoms with E-state index >= 15 is 0 Å². The summed E-state index contributed by atoms with van der Waals surface area (Å²) in [6, 6.07) is 4.57. The number of carbonyl (C=O) groups excluding carboxylic acids is 1. The van der Waals surface area contributed by atoms with Crippen LogP contribution >= 0.6 is 0 Å². The van der Waals surface area contributed by atoms with Crippen molar-refractivity contribution in [2.24, 2.45) is 5.92 Å². The quantitative estimate of drug-likeness (QED) is 0.592. The van der Waals surface area contributed by atoms with Gasteiger partial charge in [0.25, 0.3) is 11.6 Å². The molecule has 1 aliphatic carbocycles. The van der Waals surface area contributed by atoms with E-state index in [9.17, 15) is 14.9 Å². The van der Waals surface area contributed by atoms with E-state index in [4.69, 9.17) is 0 Å². The Kier molecular flexibility index (Phi) is 4.55. The first-order valence-electron chi connectivity index (χ1n) is 6.93. The number of carbonyl (C=O) groups is 1. The Morgan fingerprint density at radius 3 is 2.80 bits per heavy atom. The maximum absolute atomic E-state index is 12.2. The topological polar surface area (TPSA) is 84.3 Å². The summed E-state index contributed by atoms with van der Waals surface area (Å²) in [6.07, 6.45) is 3.13. The van der Waals surface area contributed by atoms with Gasteiger partial charge in [-0.3, -0.25) is 14.9 Å². The number of hydrogen-bond acceptors (Lipinski definition) is 4. The lowest BCUT2D eigenvalue weighted by molar-refractivity contribution is -0.384. The number of amides is 1. The monoisotopic (exact) mass is 277 g/mol. The molecule has 0 radical (unpaired) electrons. The molecule has 0 saturated heterocycles. The fraction of sp³-hybridized carbons (Fsp3) is 0.500. The Hall–Kier alpha value is -2.11. The summed E-state index contributed by atoms with van der Waals surface area (Å²) in [7, 11) is 0. The summed E-state index contributed by atoms with van der Waals surface area (Å²) in [5.41, 5.74) is 0.596. The van der Waals surface area contributed by atoms with Gasteiger partial charge in [-0.2, -0.15) is 0 Å². The minimum absolute atomic E-state index is 0.0579. The van der Waals surface area contributed by atoms with Crippen LogP contribution in [0.5, 0.6) is 0 Å². The molecule has 1 aromatic rings. The molecule has 1 fully saturated rings. The van der Waals surface area contributed by atoms with Crippen molar-refractivity contribution in [1.82, 2.24) is 5.32 Å². The second kappa shape index (κ2) is 6.36. The predicted molar refractivity (Wildman–Crippen MR) is 76.9 cm³/mol. The summed E-state index contributed by atoms with van der Waals surface area (Å²) in [5, 5.41) is 16.9. The van der Waals surface area contributed by atoms with Crippen LogP contribution in [-0.2, 0) is 0 Å². The van der Waals surface area contributed by atoms with Crippen LogP contribution in [0.1, 0.15) is 36.5 Å². The summed E-state index contributed by atoms with van der Waals surface area (Å²) < 4.78 is 0.